The molecule has 4 aliphatic carbocycles. The Balaban J connectivity index is 1.76. The van der Waals surface area contributed by atoms with E-state index < -0.39 is 5.60 Å². The fourth-order valence-corrected chi connectivity index (χ4v) is 7.25. The second-order valence-electron chi connectivity index (χ2n) is 9.67. The second kappa shape index (κ2) is 5.17. The second-order valence-corrected chi connectivity index (χ2v) is 9.67. The molecule has 2 N–H and O–H groups in total. The van der Waals surface area contributed by atoms with E-state index in [2.05, 4.69) is 13.8 Å². The monoisotopic (exact) mass is 332 g/mol. The maximum atomic E-state index is 12.4. The van der Waals surface area contributed by atoms with Gasteiger partial charge in [0.15, 0.2) is 0 Å². The Morgan fingerprint density at radius 1 is 1.12 bits per heavy atom. The molecule has 0 aliphatic heterocycles. The van der Waals surface area contributed by atoms with Gasteiger partial charge in [0.1, 0.15) is 6.29 Å². The molecular formula is C21H32O3. The third kappa shape index (κ3) is 1.94. The normalized spacial score (nSPS) is 56.7. The molecule has 0 spiro atoms. The lowest BCUT2D eigenvalue weighted by molar-refractivity contribution is -0.140. The first kappa shape index (κ1) is 16.8. The Morgan fingerprint density at radius 3 is 2.54 bits per heavy atom. The third-order valence-corrected chi connectivity index (χ3v) is 8.79. The summed E-state index contributed by atoms with van der Waals surface area (Å²) in [6.45, 7) is 6.55. The van der Waals surface area contributed by atoms with E-state index in [4.69, 9.17) is 0 Å². The van der Waals surface area contributed by atoms with Crippen molar-refractivity contribution in [3.05, 3.63) is 11.6 Å². The van der Waals surface area contributed by atoms with Gasteiger partial charge in [-0.2, -0.15) is 0 Å². The molecule has 0 saturated heterocycles. The highest BCUT2D eigenvalue weighted by molar-refractivity contribution is 5.68. The smallest absolute Gasteiger partial charge is 0.130 e. The summed E-state index contributed by atoms with van der Waals surface area (Å²) in [6.07, 6.45) is 9.49. The summed E-state index contributed by atoms with van der Waals surface area (Å²) in [4.78, 5) is 12.4. The van der Waals surface area contributed by atoms with Crippen LogP contribution in [0.5, 0.6) is 0 Å². The molecule has 3 fully saturated rings. The van der Waals surface area contributed by atoms with Crippen molar-refractivity contribution in [2.45, 2.75) is 77.4 Å². The Bertz CT molecular complexity index is 580. The van der Waals surface area contributed by atoms with Crippen LogP contribution in [-0.4, -0.2) is 28.2 Å². The highest BCUT2D eigenvalue weighted by atomic mass is 16.3. The van der Waals surface area contributed by atoms with Gasteiger partial charge in [-0.05, 0) is 81.0 Å². The molecule has 0 amide bonds. The van der Waals surface area contributed by atoms with E-state index in [0.717, 1.165) is 38.5 Å². The molecule has 0 aromatic rings. The van der Waals surface area contributed by atoms with Gasteiger partial charge in [-0.15, -0.1) is 0 Å². The molecule has 3 nitrogen and oxygen atoms in total. The van der Waals surface area contributed by atoms with Crippen molar-refractivity contribution in [1.82, 2.24) is 0 Å². The number of rotatable bonds is 1. The number of carbonyl (C=O) groups excluding carboxylic acids is 1. The molecule has 0 radical (unpaired) electrons. The number of aliphatic hydroxyl groups is 2. The number of carbonyl (C=O) groups is 1. The van der Waals surface area contributed by atoms with Crippen molar-refractivity contribution in [3.8, 4) is 0 Å². The molecule has 8 atom stereocenters. The Morgan fingerprint density at radius 2 is 1.83 bits per heavy atom. The van der Waals surface area contributed by atoms with Gasteiger partial charge in [-0.3, -0.25) is 0 Å². The van der Waals surface area contributed by atoms with Gasteiger partial charge in [-0.1, -0.05) is 25.5 Å². The van der Waals surface area contributed by atoms with Gasteiger partial charge < -0.3 is 15.0 Å². The maximum absolute atomic E-state index is 12.4. The molecule has 0 aromatic carbocycles. The highest BCUT2D eigenvalue weighted by Crippen LogP contribution is 2.67. The van der Waals surface area contributed by atoms with E-state index in [1.165, 1.54) is 11.9 Å². The van der Waals surface area contributed by atoms with E-state index in [9.17, 15) is 15.0 Å². The zero-order valence-corrected chi connectivity index (χ0v) is 15.3. The van der Waals surface area contributed by atoms with Gasteiger partial charge in [0, 0.05) is 0 Å². The van der Waals surface area contributed by atoms with E-state index >= 15 is 0 Å². The fraction of sp³-hybridized carbons (Fsp3) is 0.857. The van der Waals surface area contributed by atoms with Crippen LogP contribution in [-0.2, 0) is 4.79 Å². The van der Waals surface area contributed by atoms with Gasteiger partial charge in [-0.25, -0.2) is 0 Å². The van der Waals surface area contributed by atoms with Crippen LogP contribution in [0.15, 0.2) is 11.6 Å². The van der Waals surface area contributed by atoms with Crippen LogP contribution < -0.4 is 0 Å². The minimum Gasteiger partial charge on any atom is -0.390 e. The summed E-state index contributed by atoms with van der Waals surface area (Å²) < 4.78 is 0. The molecule has 4 aliphatic rings. The van der Waals surface area contributed by atoms with Crippen molar-refractivity contribution < 1.29 is 15.0 Å². The highest BCUT2D eigenvalue weighted by Gasteiger charge is 2.64. The van der Waals surface area contributed by atoms with Crippen LogP contribution in [0.1, 0.15) is 65.7 Å². The Labute approximate surface area is 145 Å². The van der Waals surface area contributed by atoms with Crippen molar-refractivity contribution in [3.63, 3.8) is 0 Å². The number of hydrogen-bond donors (Lipinski definition) is 2. The first-order chi connectivity index (χ1) is 11.2. The predicted molar refractivity (Wildman–Crippen MR) is 93.3 cm³/mol. The maximum Gasteiger partial charge on any atom is 0.130 e. The van der Waals surface area contributed by atoms with Crippen molar-refractivity contribution in [2.75, 3.05) is 0 Å². The van der Waals surface area contributed by atoms with Crippen LogP contribution in [0, 0.1) is 34.5 Å². The molecule has 24 heavy (non-hydrogen) atoms. The number of aliphatic hydroxyl groups excluding tert-OH is 1. The average Bonchev–Trinajstić information content (AvgIpc) is 2.78. The molecular weight excluding hydrogens is 300 g/mol. The lowest BCUT2D eigenvalue weighted by atomic mass is 9.45. The zero-order chi connectivity index (χ0) is 17.3. The van der Waals surface area contributed by atoms with Gasteiger partial charge in [0.2, 0.25) is 0 Å². The summed E-state index contributed by atoms with van der Waals surface area (Å²) in [6, 6.07) is 0. The summed E-state index contributed by atoms with van der Waals surface area (Å²) in [5.74, 6) is 1.82. The van der Waals surface area contributed by atoms with Gasteiger partial charge in [0.05, 0.1) is 17.1 Å². The average molecular weight is 332 g/mol. The SMILES string of the molecule is CC1C[C@@H]2[C@@H](CC[C@@]3(C)[C@H]2CCC3(C)O)[C@@]2(C=O)CCC(O)C=C12. The zero-order valence-electron chi connectivity index (χ0n) is 15.3. The minimum absolute atomic E-state index is 0.00659. The largest absolute Gasteiger partial charge is 0.390 e. The van der Waals surface area contributed by atoms with E-state index in [0.29, 0.717) is 30.1 Å². The number of fused-ring (bicyclic) bond motifs is 5. The Kier molecular flexibility index (Phi) is 3.61. The first-order valence-electron chi connectivity index (χ1n) is 9.84. The molecule has 3 unspecified atom stereocenters. The minimum atomic E-state index is -0.570. The van der Waals surface area contributed by atoms with E-state index in [1.807, 2.05) is 13.0 Å². The molecule has 3 saturated carbocycles. The standard InChI is InChI=1S/C21H32O3/c1-13-10-15-16-6-8-20(3,24)19(16,2)7-5-17(15)21(12-22)9-4-14(23)11-18(13)21/h11-17,23-24H,4-10H2,1-3H3/t13?,14?,15-,16-,17+,19-,20?,21-/m0/s1. The summed E-state index contributed by atoms with van der Waals surface area (Å²) in [7, 11) is 0. The van der Waals surface area contributed by atoms with Crippen molar-refractivity contribution >= 4 is 6.29 Å². The fourth-order valence-electron chi connectivity index (χ4n) is 7.25. The van der Waals surface area contributed by atoms with E-state index in [-0.39, 0.29) is 16.9 Å². The van der Waals surface area contributed by atoms with Crippen molar-refractivity contribution in [2.24, 2.45) is 34.5 Å². The summed E-state index contributed by atoms with van der Waals surface area (Å²) in [5, 5.41) is 21.1. The molecule has 0 heterocycles. The molecule has 4 rings (SSSR count). The lowest BCUT2D eigenvalue weighted by Crippen LogP contribution is -2.56. The number of hydrogen-bond acceptors (Lipinski definition) is 3. The molecule has 3 heteroatoms. The van der Waals surface area contributed by atoms with Crippen LogP contribution >= 0.6 is 0 Å². The molecule has 0 aromatic heterocycles. The van der Waals surface area contributed by atoms with Crippen LogP contribution in [0.25, 0.3) is 0 Å². The van der Waals surface area contributed by atoms with E-state index in [1.54, 1.807) is 0 Å². The third-order valence-electron chi connectivity index (χ3n) is 8.79. The van der Waals surface area contributed by atoms with Crippen LogP contribution in [0.2, 0.25) is 0 Å². The Hall–Kier alpha value is -0.670. The van der Waals surface area contributed by atoms with Crippen LogP contribution in [0.4, 0.5) is 0 Å². The molecule has 134 valence electrons. The quantitative estimate of drug-likeness (QED) is 0.571. The van der Waals surface area contributed by atoms with Gasteiger partial charge >= 0.3 is 0 Å². The number of aldehydes is 1. The summed E-state index contributed by atoms with van der Waals surface area (Å²) >= 11 is 0. The lowest BCUT2D eigenvalue weighted by Gasteiger charge is -2.59. The molecule has 0 bridgehead atoms. The number of allylic oxidation sites excluding steroid dienone is 1. The topological polar surface area (TPSA) is 57.5 Å². The first-order valence-corrected chi connectivity index (χ1v) is 9.84. The van der Waals surface area contributed by atoms with Crippen LogP contribution in [0.3, 0.4) is 0 Å². The van der Waals surface area contributed by atoms with Crippen molar-refractivity contribution in [1.29, 1.82) is 0 Å². The summed E-state index contributed by atoms with van der Waals surface area (Å²) in [5.41, 5.74) is 0.287. The van der Waals surface area contributed by atoms with Gasteiger partial charge in [0.25, 0.3) is 0 Å². The predicted octanol–water partition coefficient (Wildman–Crippen LogP) is 3.49.